The van der Waals surface area contributed by atoms with Crippen LogP contribution in [0, 0.1) is 10.8 Å². The molecule has 14 heavy (non-hydrogen) atoms. The minimum atomic E-state index is -0.333. The van der Waals surface area contributed by atoms with Gasteiger partial charge in [-0.1, -0.05) is 13.8 Å². The van der Waals surface area contributed by atoms with E-state index >= 15 is 0 Å². The second-order valence-electron chi connectivity index (χ2n) is 3.05. The van der Waals surface area contributed by atoms with Crippen LogP contribution in [0.25, 0.3) is 0 Å². The molecule has 0 bridgehead atoms. The number of hydrogen-bond acceptors (Lipinski definition) is 5. The molecule has 0 heterocycles. The number of nitrogens with two attached hydrogens (primary N) is 2. The van der Waals surface area contributed by atoms with Crippen LogP contribution >= 0.6 is 0 Å². The van der Waals surface area contributed by atoms with Gasteiger partial charge in [0.25, 0.3) is 0 Å². The van der Waals surface area contributed by atoms with E-state index in [9.17, 15) is 0 Å². The van der Waals surface area contributed by atoms with Crippen molar-refractivity contribution in [2.24, 2.45) is 16.9 Å². The lowest BCUT2D eigenvalue weighted by Gasteiger charge is -2.16. The summed E-state index contributed by atoms with van der Waals surface area (Å²) < 4.78 is 0. The standard InChI is InChI=1S/C5H12O2.CH5N3.BH2O2/c1-5(2,3-6)4-7;2-1(3)4;2-1-3/h6-7H,3-4H2,1-2H3;(H5,2,3,4);2-3H. The molecule has 0 aliphatic heterocycles. The normalized spacial score (nSPS) is 8.71. The first-order valence-electron chi connectivity index (χ1n) is 3.68. The van der Waals surface area contributed by atoms with Gasteiger partial charge in [0.2, 0.25) is 0 Å². The number of nitrogens with one attached hydrogen (secondary N) is 1. The zero-order valence-electron chi connectivity index (χ0n) is 8.44. The van der Waals surface area contributed by atoms with Crippen LogP contribution in [0.15, 0.2) is 0 Å². The van der Waals surface area contributed by atoms with E-state index in [1.165, 1.54) is 0 Å². The predicted octanol–water partition coefficient (Wildman–Crippen LogP) is -2.66. The van der Waals surface area contributed by atoms with E-state index in [0.29, 0.717) is 0 Å². The van der Waals surface area contributed by atoms with E-state index in [1.54, 1.807) is 13.8 Å². The summed E-state index contributed by atoms with van der Waals surface area (Å²) in [5.41, 5.74) is 8.64. The summed E-state index contributed by atoms with van der Waals surface area (Å²) in [5.74, 6) is -0.333. The summed E-state index contributed by atoms with van der Waals surface area (Å²) in [7, 11) is 0. The summed E-state index contributed by atoms with van der Waals surface area (Å²) in [6.07, 6.45) is 0. The molecule has 0 amide bonds. The molecule has 0 saturated heterocycles. The topological polar surface area (TPSA) is 157 Å². The fourth-order valence-corrected chi connectivity index (χ4v) is 0.0500. The smallest absolute Gasteiger partial charge is 0.429 e. The van der Waals surface area contributed by atoms with Crippen molar-refractivity contribution in [3.63, 3.8) is 0 Å². The average molecular weight is 208 g/mol. The third kappa shape index (κ3) is 43.2. The van der Waals surface area contributed by atoms with Crippen molar-refractivity contribution in [2.45, 2.75) is 13.8 Å². The van der Waals surface area contributed by atoms with Crippen molar-refractivity contribution < 1.29 is 20.3 Å². The molecule has 0 fully saturated rings. The highest BCUT2D eigenvalue weighted by atomic mass is 16.4. The fourth-order valence-electron chi connectivity index (χ4n) is 0.0500. The van der Waals surface area contributed by atoms with Crippen molar-refractivity contribution in [2.75, 3.05) is 13.2 Å². The van der Waals surface area contributed by atoms with Crippen LogP contribution in [0.3, 0.4) is 0 Å². The minimum Gasteiger partial charge on any atom is -0.429 e. The molecule has 7 nitrogen and oxygen atoms in total. The van der Waals surface area contributed by atoms with Crippen molar-refractivity contribution in [3.8, 4) is 0 Å². The van der Waals surface area contributed by atoms with E-state index in [2.05, 4.69) is 11.5 Å². The first-order chi connectivity index (χ1) is 6.27. The molecule has 0 spiro atoms. The van der Waals surface area contributed by atoms with E-state index in [4.69, 9.17) is 25.7 Å². The molecule has 9 N–H and O–H groups in total. The maximum absolute atomic E-state index is 8.43. The molecule has 0 aromatic carbocycles. The molecule has 0 unspecified atom stereocenters. The van der Waals surface area contributed by atoms with Gasteiger partial charge in [-0.15, -0.1) is 0 Å². The van der Waals surface area contributed by atoms with E-state index in [-0.39, 0.29) is 32.3 Å². The van der Waals surface area contributed by atoms with Gasteiger partial charge in [0.15, 0.2) is 5.96 Å². The Morgan fingerprint density at radius 1 is 1.21 bits per heavy atom. The van der Waals surface area contributed by atoms with Crippen molar-refractivity contribution >= 4 is 13.6 Å². The van der Waals surface area contributed by atoms with Gasteiger partial charge < -0.3 is 31.7 Å². The Hall–Kier alpha value is -0.825. The molecule has 85 valence electrons. The Kier molecular flexibility index (Phi) is 16.4. The zero-order valence-corrected chi connectivity index (χ0v) is 8.44. The maximum atomic E-state index is 8.43. The van der Waals surface area contributed by atoms with Gasteiger partial charge in [-0.25, -0.2) is 0 Å². The second kappa shape index (κ2) is 12.2. The number of guanidine groups is 1. The van der Waals surface area contributed by atoms with Crippen molar-refractivity contribution in [3.05, 3.63) is 0 Å². The molecule has 0 saturated carbocycles. The number of aliphatic hydroxyl groups is 2. The van der Waals surface area contributed by atoms with E-state index < -0.39 is 0 Å². The summed E-state index contributed by atoms with van der Waals surface area (Å²) >= 11 is 0. The van der Waals surface area contributed by atoms with Crippen LogP contribution in [0.4, 0.5) is 0 Å². The highest BCUT2D eigenvalue weighted by Gasteiger charge is 2.13. The highest BCUT2D eigenvalue weighted by molar-refractivity contribution is 6.13. The fraction of sp³-hybridized carbons (Fsp3) is 0.833. The van der Waals surface area contributed by atoms with Crippen LogP contribution in [0.1, 0.15) is 13.8 Å². The third-order valence-electron chi connectivity index (χ3n) is 0.856. The number of hydrogen-bond donors (Lipinski definition) is 7. The van der Waals surface area contributed by atoms with Crippen LogP contribution in [0.2, 0.25) is 0 Å². The lowest BCUT2D eigenvalue weighted by Crippen LogP contribution is -2.20. The lowest BCUT2D eigenvalue weighted by molar-refractivity contribution is 0.0857. The van der Waals surface area contributed by atoms with Crippen LogP contribution < -0.4 is 11.5 Å². The first-order valence-corrected chi connectivity index (χ1v) is 3.68. The Balaban J connectivity index is -0.000000147. The molecule has 0 aliphatic carbocycles. The van der Waals surface area contributed by atoms with Crippen LogP contribution in [-0.4, -0.2) is 47.1 Å². The van der Waals surface area contributed by atoms with Gasteiger partial charge in [-0.2, -0.15) is 0 Å². The molecule has 1 radical (unpaired) electrons. The molecule has 0 aromatic heterocycles. The third-order valence-corrected chi connectivity index (χ3v) is 0.856. The molecule has 0 atom stereocenters. The molecular weight excluding hydrogens is 189 g/mol. The minimum absolute atomic E-state index is 0. The zero-order chi connectivity index (χ0) is 12.2. The molecular formula is C6H19BN3O4. The van der Waals surface area contributed by atoms with Crippen molar-refractivity contribution in [1.82, 2.24) is 0 Å². The Bertz CT molecular complexity index is 124. The Morgan fingerprint density at radius 2 is 1.36 bits per heavy atom. The van der Waals surface area contributed by atoms with Gasteiger partial charge in [0, 0.05) is 5.41 Å². The number of rotatable bonds is 2. The monoisotopic (exact) mass is 208 g/mol. The first kappa shape index (κ1) is 18.9. The summed E-state index contributed by atoms with van der Waals surface area (Å²) in [5, 5.41) is 36.9. The Morgan fingerprint density at radius 3 is 1.36 bits per heavy atom. The van der Waals surface area contributed by atoms with Crippen molar-refractivity contribution in [1.29, 1.82) is 5.41 Å². The maximum Gasteiger partial charge on any atom is 0.482 e. The second-order valence-corrected chi connectivity index (χ2v) is 3.05. The van der Waals surface area contributed by atoms with E-state index in [1.807, 2.05) is 0 Å². The number of aliphatic hydroxyl groups excluding tert-OH is 2. The average Bonchev–Trinajstić information content (AvgIpc) is 2.05. The van der Waals surface area contributed by atoms with Gasteiger partial charge in [0.1, 0.15) is 0 Å². The summed E-state index contributed by atoms with van der Waals surface area (Å²) in [4.78, 5) is 0. The molecule has 0 aliphatic rings. The molecule has 0 rings (SSSR count). The summed E-state index contributed by atoms with van der Waals surface area (Å²) in [6.45, 7) is 3.69. The van der Waals surface area contributed by atoms with Gasteiger partial charge in [-0.3, -0.25) is 5.41 Å². The van der Waals surface area contributed by atoms with E-state index in [0.717, 1.165) is 0 Å². The SMILES string of the molecule is CC(C)(CO)CO.N=C(N)N.O[B]O. The van der Waals surface area contributed by atoms with Gasteiger partial charge in [0.05, 0.1) is 13.2 Å². The lowest BCUT2D eigenvalue weighted by atomic mass is 9.97. The van der Waals surface area contributed by atoms with Gasteiger partial charge >= 0.3 is 7.69 Å². The largest absolute Gasteiger partial charge is 0.482 e. The van der Waals surface area contributed by atoms with Crippen LogP contribution in [-0.2, 0) is 0 Å². The quantitative estimate of drug-likeness (QED) is 0.149. The van der Waals surface area contributed by atoms with Crippen LogP contribution in [0.5, 0.6) is 0 Å². The molecule has 0 aromatic rings. The summed E-state index contributed by atoms with van der Waals surface area (Å²) in [6, 6.07) is 0. The van der Waals surface area contributed by atoms with Gasteiger partial charge in [-0.05, 0) is 0 Å². The molecule has 8 heteroatoms. The predicted molar refractivity (Wildman–Crippen MR) is 54.2 cm³/mol. The Labute approximate surface area is 84.2 Å². The highest BCUT2D eigenvalue weighted by Crippen LogP contribution is 2.10.